The molecule has 2 heterocycles. The van der Waals surface area contributed by atoms with Gasteiger partial charge >= 0.3 is 0 Å². The topological polar surface area (TPSA) is 63.1 Å². The van der Waals surface area contributed by atoms with E-state index >= 15 is 0 Å². The normalized spacial score (nSPS) is 15.3. The molecule has 1 N–H and O–H groups in total. The van der Waals surface area contributed by atoms with E-state index in [1.807, 2.05) is 12.1 Å². The first kappa shape index (κ1) is 20.5. The standard InChI is InChI=1S/C22H23ClFN5O/c23-18-4-3-5-19(24)21(18)20(28-10-1-2-11-28)12-26-22(30)17-8-6-16(7-9-17)13-29-15-25-14-27-29/h3-9,14-15,20H,1-2,10-13H2,(H,26,30). The van der Waals surface area contributed by atoms with Crippen molar-refractivity contribution in [2.75, 3.05) is 19.6 Å². The van der Waals surface area contributed by atoms with E-state index in [1.165, 1.54) is 12.4 Å². The van der Waals surface area contributed by atoms with Crippen LogP contribution in [-0.2, 0) is 6.54 Å². The first-order chi connectivity index (χ1) is 14.6. The number of carbonyl (C=O) groups is 1. The van der Waals surface area contributed by atoms with Crippen molar-refractivity contribution in [2.45, 2.75) is 25.4 Å². The lowest BCUT2D eigenvalue weighted by molar-refractivity contribution is 0.0937. The zero-order valence-corrected chi connectivity index (χ0v) is 17.2. The average molecular weight is 428 g/mol. The van der Waals surface area contributed by atoms with Crippen LogP contribution in [0.25, 0.3) is 0 Å². The fourth-order valence-electron chi connectivity index (χ4n) is 3.85. The molecule has 1 amide bonds. The van der Waals surface area contributed by atoms with Gasteiger partial charge in [0.2, 0.25) is 0 Å². The Morgan fingerprint density at radius 3 is 2.60 bits per heavy atom. The van der Waals surface area contributed by atoms with Crippen molar-refractivity contribution in [3.8, 4) is 0 Å². The van der Waals surface area contributed by atoms with Gasteiger partial charge in [-0.05, 0) is 55.8 Å². The highest BCUT2D eigenvalue weighted by Crippen LogP contribution is 2.32. The molecule has 1 aromatic heterocycles. The summed E-state index contributed by atoms with van der Waals surface area (Å²) < 4.78 is 16.3. The molecule has 0 aliphatic carbocycles. The van der Waals surface area contributed by atoms with Gasteiger partial charge < -0.3 is 5.32 Å². The Morgan fingerprint density at radius 2 is 1.93 bits per heavy atom. The van der Waals surface area contributed by atoms with E-state index in [4.69, 9.17) is 11.6 Å². The predicted molar refractivity (Wildman–Crippen MR) is 113 cm³/mol. The van der Waals surface area contributed by atoms with E-state index in [0.717, 1.165) is 31.5 Å². The molecular formula is C22H23ClFN5O. The van der Waals surface area contributed by atoms with Crippen molar-refractivity contribution < 1.29 is 9.18 Å². The van der Waals surface area contributed by atoms with Gasteiger partial charge in [0.25, 0.3) is 5.91 Å². The first-order valence-corrected chi connectivity index (χ1v) is 10.4. The summed E-state index contributed by atoms with van der Waals surface area (Å²) >= 11 is 6.32. The lowest BCUT2D eigenvalue weighted by Crippen LogP contribution is -2.37. The van der Waals surface area contributed by atoms with Crippen molar-refractivity contribution in [3.63, 3.8) is 0 Å². The van der Waals surface area contributed by atoms with E-state index in [-0.39, 0.29) is 17.8 Å². The summed E-state index contributed by atoms with van der Waals surface area (Å²) in [6.07, 6.45) is 5.25. The fourth-order valence-corrected chi connectivity index (χ4v) is 4.14. The van der Waals surface area contributed by atoms with Crippen molar-refractivity contribution in [2.24, 2.45) is 0 Å². The molecule has 156 valence electrons. The van der Waals surface area contributed by atoms with Crippen LogP contribution in [0, 0.1) is 5.82 Å². The van der Waals surface area contributed by atoms with Crippen LogP contribution >= 0.6 is 11.6 Å². The SMILES string of the molecule is O=C(NCC(c1c(F)cccc1Cl)N1CCCC1)c1ccc(Cn2cncn2)cc1. The highest BCUT2D eigenvalue weighted by molar-refractivity contribution is 6.31. The fraction of sp³-hybridized carbons (Fsp3) is 0.318. The molecule has 1 aliphatic rings. The highest BCUT2D eigenvalue weighted by Gasteiger charge is 2.28. The monoisotopic (exact) mass is 427 g/mol. The lowest BCUT2D eigenvalue weighted by atomic mass is 10.0. The van der Waals surface area contributed by atoms with E-state index in [9.17, 15) is 9.18 Å². The maximum absolute atomic E-state index is 14.6. The average Bonchev–Trinajstić information content (AvgIpc) is 3.45. The third kappa shape index (κ3) is 4.68. The van der Waals surface area contributed by atoms with E-state index in [2.05, 4.69) is 20.3 Å². The molecule has 0 radical (unpaired) electrons. The molecule has 0 bridgehead atoms. The number of carbonyl (C=O) groups excluding carboxylic acids is 1. The molecule has 1 unspecified atom stereocenters. The molecule has 0 saturated carbocycles. The molecule has 30 heavy (non-hydrogen) atoms. The smallest absolute Gasteiger partial charge is 0.251 e. The van der Waals surface area contributed by atoms with Gasteiger partial charge in [0, 0.05) is 22.7 Å². The zero-order chi connectivity index (χ0) is 20.9. The van der Waals surface area contributed by atoms with Crippen molar-refractivity contribution in [3.05, 3.63) is 82.6 Å². The van der Waals surface area contributed by atoms with E-state index < -0.39 is 0 Å². The van der Waals surface area contributed by atoms with Gasteiger partial charge in [0.05, 0.1) is 12.6 Å². The number of nitrogens with zero attached hydrogens (tertiary/aromatic N) is 4. The number of aromatic nitrogens is 3. The van der Waals surface area contributed by atoms with Crippen LogP contribution in [0.4, 0.5) is 4.39 Å². The number of hydrogen-bond acceptors (Lipinski definition) is 4. The number of halogens is 2. The van der Waals surface area contributed by atoms with Gasteiger partial charge in [-0.25, -0.2) is 14.1 Å². The molecule has 1 fully saturated rings. The Morgan fingerprint density at radius 1 is 1.17 bits per heavy atom. The summed E-state index contributed by atoms with van der Waals surface area (Å²) in [5.74, 6) is -0.537. The first-order valence-electron chi connectivity index (χ1n) is 9.99. The quantitative estimate of drug-likeness (QED) is 0.624. The van der Waals surface area contributed by atoms with Crippen LogP contribution in [0.5, 0.6) is 0 Å². The van der Waals surface area contributed by atoms with Crippen molar-refractivity contribution in [1.29, 1.82) is 0 Å². The Labute approximate surface area is 179 Å². The third-order valence-corrected chi connectivity index (χ3v) is 5.73. The maximum atomic E-state index is 14.6. The summed E-state index contributed by atoms with van der Waals surface area (Å²) in [4.78, 5) is 18.8. The molecule has 1 atom stereocenters. The molecule has 3 aromatic rings. The third-order valence-electron chi connectivity index (χ3n) is 5.40. The molecule has 4 rings (SSSR count). The second kappa shape index (κ2) is 9.36. The Kier molecular flexibility index (Phi) is 6.40. The zero-order valence-electron chi connectivity index (χ0n) is 16.5. The number of benzene rings is 2. The van der Waals surface area contributed by atoms with Gasteiger partial charge in [0.1, 0.15) is 18.5 Å². The Hall–Kier alpha value is -2.77. The summed E-state index contributed by atoms with van der Waals surface area (Å²) in [5.41, 5.74) is 2.02. The summed E-state index contributed by atoms with van der Waals surface area (Å²) in [6.45, 7) is 2.61. The van der Waals surface area contributed by atoms with Crippen molar-refractivity contribution in [1.82, 2.24) is 25.0 Å². The molecule has 0 spiro atoms. The summed E-state index contributed by atoms with van der Waals surface area (Å²) in [5, 5.41) is 7.43. The van der Waals surface area contributed by atoms with E-state index in [0.29, 0.717) is 29.2 Å². The second-order valence-electron chi connectivity index (χ2n) is 7.39. The number of hydrogen-bond donors (Lipinski definition) is 1. The van der Waals surface area contributed by atoms with Crippen LogP contribution < -0.4 is 5.32 Å². The van der Waals surface area contributed by atoms with Gasteiger partial charge in [-0.3, -0.25) is 9.69 Å². The molecule has 8 heteroatoms. The predicted octanol–water partition coefficient (Wildman–Crippen LogP) is 3.69. The highest BCUT2D eigenvalue weighted by atomic mass is 35.5. The summed E-state index contributed by atoms with van der Waals surface area (Å²) in [6, 6.07) is 11.8. The molecule has 6 nitrogen and oxygen atoms in total. The van der Waals surface area contributed by atoms with Crippen LogP contribution in [-0.4, -0.2) is 45.2 Å². The van der Waals surface area contributed by atoms with Crippen LogP contribution in [0.1, 0.15) is 40.4 Å². The van der Waals surface area contributed by atoms with E-state index in [1.54, 1.807) is 35.3 Å². The van der Waals surface area contributed by atoms with Crippen molar-refractivity contribution >= 4 is 17.5 Å². The number of nitrogens with one attached hydrogen (secondary N) is 1. The van der Waals surface area contributed by atoms with Gasteiger partial charge in [0.15, 0.2) is 0 Å². The van der Waals surface area contributed by atoms with Gasteiger partial charge in [-0.1, -0.05) is 29.8 Å². The minimum absolute atomic E-state index is 0.195. The Balaban J connectivity index is 1.44. The molecule has 1 saturated heterocycles. The number of rotatable bonds is 7. The molecular weight excluding hydrogens is 405 g/mol. The maximum Gasteiger partial charge on any atom is 0.251 e. The lowest BCUT2D eigenvalue weighted by Gasteiger charge is -2.29. The molecule has 1 aliphatic heterocycles. The summed E-state index contributed by atoms with van der Waals surface area (Å²) in [7, 11) is 0. The minimum Gasteiger partial charge on any atom is -0.350 e. The van der Waals surface area contributed by atoms with Crippen LogP contribution in [0.2, 0.25) is 5.02 Å². The number of likely N-dealkylation sites (tertiary alicyclic amines) is 1. The van der Waals surface area contributed by atoms with Gasteiger partial charge in [-0.15, -0.1) is 0 Å². The largest absolute Gasteiger partial charge is 0.350 e. The van der Waals surface area contributed by atoms with Crippen LogP contribution in [0.15, 0.2) is 55.1 Å². The number of amides is 1. The van der Waals surface area contributed by atoms with Gasteiger partial charge in [-0.2, -0.15) is 5.10 Å². The minimum atomic E-state index is -0.342. The molecule has 2 aromatic carbocycles. The van der Waals surface area contributed by atoms with Crippen LogP contribution in [0.3, 0.4) is 0 Å². The second-order valence-corrected chi connectivity index (χ2v) is 7.80. The Bertz CT molecular complexity index is 967.